The van der Waals surface area contributed by atoms with Gasteiger partial charge in [0.2, 0.25) is 0 Å². The lowest BCUT2D eigenvalue weighted by Crippen LogP contribution is -2.27. The van der Waals surface area contributed by atoms with Gasteiger partial charge in [-0.15, -0.1) is 0 Å². The van der Waals surface area contributed by atoms with Crippen molar-refractivity contribution in [1.29, 1.82) is 0 Å². The third kappa shape index (κ3) is 4.27. The predicted octanol–water partition coefficient (Wildman–Crippen LogP) is 2.39. The Hall–Kier alpha value is -1.13. The Kier molecular flexibility index (Phi) is 6.68. The molecule has 1 aromatic rings. The molecule has 1 rings (SSSR count). The third-order valence-electron chi connectivity index (χ3n) is 2.96. The van der Waals surface area contributed by atoms with E-state index in [4.69, 9.17) is 4.74 Å². The second kappa shape index (κ2) is 8.06. The molecule has 1 heterocycles. The fraction of sp³-hybridized carbons (Fsp3) is 0.643. The van der Waals surface area contributed by atoms with Gasteiger partial charge in [-0.3, -0.25) is 4.98 Å². The van der Waals surface area contributed by atoms with Crippen LogP contribution in [0.1, 0.15) is 39.0 Å². The summed E-state index contributed by atoms with van der Waals surface area (Å²) in [7, 11) is 0. The van der Waals surface area contributed by atoms with Crippen molar-refractivity contribution in [2.45, 2.75) is 33.3 Å². The molecule has 4 nitrogen and oxygen atoms in total. The van der Waals surface area contributed by atoms with Gasteiger partial charge in [0.15, 0.2) is 0 Å². The van der Waals surface area contributed by atoms with Gasteiger partial charge in [-0.2, -0.15) is 0 Å². The summed E-state index contributed by atoms with van der Waals surface area (Å²) in [4.78, 5) is 6.53. The zero-order valence-electron chi connectivity index (χ0n) is 11.6. The first kappa shape index (κ1) is 14.9. The lowest BCUT2D eigenvalue weighted by atomic mass is 10.2. The van der Waals surface area contributed by atoms with Crippen LogP contribution < -0.4 is 4.90 Å². The highest BCUT2D eigenvalue weighted by Gasteiger charge is 2.08. The summed E-state index contributed by atoms with van der Waals surface area (Å²) in [6, 6.07) is 3.91. The molecule has 0 aliphatic carbocycles. The van der Waals surface area contributed by atoms with Gasteiger partial charge in [-0.05, 0) is 32.4 Å². The Morgan fingerprint density at radius 3 is 2.61 bits per heavy atom. The quantitative estimate of drug-likeness (QED) is 0.722. The molecule has 0 spiro atoms. The van der Waals surface area contributed by atoms with Gasteiger partial charge in [0.1, 0.15) is 0 Å². The van der Waals surface area contributed by atoms with Crippen LogP contribution in [0.25, 0.3) is 0 Å². The Morgan fingerprint density at radius 1 is 1.33 bits per heavy atom. The van der Waals surface area contributed by atoms with Gasteiger partial charge >= 0.3 is 0 Å². The summed E-state index contributed by atoms with van der Waals surface area (Å²) in [5, 5.41) is 9.69. The normalized spacial score (nSPS) is 12.4. The van der Waals surface area contributed by atoms with E-state index in [1.165, 1.54) is 0 Å². The fourth-order valence-electron chi connectivity index (χ4n) is 1.78. The average molecular weight is 252 g/mol. The third-order valence-corrected chi connectivity index (χ3v) is 2.96. The zero-order valence-corrected chi connectivity index (χ0v) is 11.6. The molecule has 0 bridgehead atoms. The lowest BCUT2D eigenvalue weighted by Gasteiger charge is -2.23. The van der Waals surface area contributed by atoms with E-state index in [2.05, 4.69) is 16.8 Å². The van der Waals surface area contributed by atoms with Crippen LogP contribution in [-0.4, -0.2) is 36.4 Å². The smallest absolute Gasteiger partial charge is 0.0957 e. The van der Waals surface area contributed by atoms with Gasteiger partial charge in [0.05, 0.1) is 30.3 Å². The second-order valence-corrected chi connectivity index (χ2v) is 4.14. The standard InChI is InChI=1S/C14H24N2O2/c1-4-14(17)13-8-7-12(11-15-13)16(5-2)9-10-18-6-3/h7-8,11,14,17H,4-6,9-10H2,1-3H3/t14-/m1/s1. The molecule has 0 amide bonds. The van der Waals surface area contributed by atoms with Gasteiger partial charge in [0.25, 0.3) is 0 Å². The molecule has 0 aliphatic rings. The van der Waals surface area contributed by atoms with Crippen LogP contribution in [-0.2, 0) is 4.74 Å². The molecule has 0 unspecified atom stereocenters. The number of likely N-dealkylation sites (N-methyl/N-ethyl adjacent to an activating group) is 1. The van der Waals surface area contributed by atoms with Crippen molar-refractivity contribution in [1.82, 2.24) is 4.98 Å². The lowest BCUT2D eigenvalue weighted by molar-refractivity contribution is 0.154. The van der Waals surface area contributed by atoms with E-state index in [9.17, 15) is 5.11 Å². The van der Waals surface area contributed by atoms with Crippen LogP contribution in [0.4, 0.5) is 5.69 Å². The summed E-state index contributed by atoms with van der Waals surface area (Å²) in [6.07, 6.45) is 2.05. The molecule has 0 aliphatic heterocycles. The molecule has 0 saturated heterocycles. The minimum atomic E-state index is -0.461. The Morgan fingerprint density at radius 2 is 2.11 bits per heavy atom. The summed E-state index contributed by atoms with van der Waals surface area (Å²) < 4.78 is 5.36. The number of rotatable bonds is 8. The summed E-state index contributed by atoms with van der Waals surface area (Å²) in [5.41, 5.74) is 1.81. The molecule has 102 valence electrons. The molecule has 0 aromatic carbocycles. The van der Waals surface area contributed by atoms with E-state index >= 15 is 0 Å². The Balaban J connectivity index is 2.63. The molecule has 0 fully saturated rings. The number of aliphatic hydroxyl groups excluding tert-OH is 1. The number of hydrogen-bond acceptors (Lipinski definition) is 4. The van der Waals surface area contributed by atoms with Crippen molar-refractivity contribution in [3.63, 3.8) is 0 Å². The fourth-order valence-corrected chi connectivity index (χ4v) is 1.78. The summed E-state index contributed by atoms with van der Waals surface area (Å²) in [6.45, 7) is 9.31. The summed E-state index contributed by atoms with van der Waals surface area (Å²) in [5.74, 6) is 0. The molecular formula is C14H24N2O2. The summed E-state index contributed by atoms with van der Waals surface area (Å²) >= 11 is 0. The van der Waals surface area contributed by atoms with Crippen molar-refractivity contribution >= 4 is 5.69 Å². The predicted molar refractivity (Wildman–Crippen MR) is 73.9 cm³/mol. The van der Waals surface area contributed by atoms with E-state index in [0.29, 0.717) is 6.42 Å². The number of aliphatic hydroxyl groups is 1. The molecule has 18 heavy (non-hydrogen) atoms. The number of hydrogen-bond donors (Lipinski definition) is 1. The van der Waals surface area contributed by atoms with Crippen LogP contribution in [0.5, 0.6) is 0 Å². The molecule has 1 atom stereocenters. The van der Waals surface area contributed by atoms with Crippen molar-refractivity contribution in [2.75, 3.05) is 31.2 Å². The highest BCUT2D eigenvalue weighted by atomic mass is 16.5. The molecule has 0 saturated carbocycles. The minimum absolute atomic E-state index is 0.461. The average Bonchev–Trinajstić information content (AvgIpc) is 2.43. The van der Waals surface area contributed by atoms with E-state index in [0.717, 1.165) is 37.7 Å². The maximum absolute atomic E-state index is 9.69. The first-order valence-corrected chi connectivity index (χ1v) is 6.69. The van der Waals surface area contributed by atoms with Gasteiger partial charge < -0.3 is 14.7 Å². The van der Waals surface area contributed by atoms with E-state index in [1.807, 2.05) is 32.2 Å². The highest BCUT2D eigenvalue weighted by molar-refractivity contribution is 5.44. The first-order valence-electron chi connectivity index (χ1n) is 6.69. The molecular weight excluding hydrogens is 228 g/mol. The SMILES string of the molecule is CCOCCN(CC)c1ccc([C@H](O)CC)nc1. The highest BCUT2D eigenvalue weighted by Crippen LogP contribution is 2.18. The molecule has 4 heteroatoms. The van der Waals surface area contributed by atoms with Gasteiger partial charge in [-0.25, -0.2) is 0 Å². The van der Waals surface area contributed by atoms with E-state index in [-0.39, 0.29) is 0 Å². The topological polar surface area (TPSA) is 45.6 Å². The van der Waals surface area contributed by atoms with Crippen LogP contribution in [0.15, 0.2) is 18.3 Å². The van der Waals surface area contributed by atoms with Crippen LogP contribution in [0.2, 0.25) is 0 Å². The van der Waals surface area contributed by atoms with Crippen molar-refractivity contribution in [3.8, 4) is 0 Å². The molecule has 1 N–H and O–H groups in total. The van der Waals surface area contributed by atoms with Crippen LogP contribution in [0, 0.1) is 0 Å². The molecule has 1 aromatic heterocycles. The van der Waals surface area contributed by atoms with Crippen LogP contribution in [0.3, 0.4) is 0 Å². The van der Waals surface area contributed by atoms with E-state index in [1.54, 1.807) is 0 Å². The number of ether oxygens (including phenoxy) is 1. The Labute approximate surface area is 110 Å². The molecule has 0 radical (unpaired) electrons. The first-order chi connectivity index (χ1) is 8.72. The van der Waals surface area contributed by atoms with Crippen molar-refractivity contribution < 1.29 is 9.84 Å². The van der Waals surface area contributed by atoms with Crippen molar-refractivity contribution in [3.05, 3.63) is 24.0 Å². The maximum atomic E-state index is 9.69. The zero-order chi connectivity index (χ0) is 13.4. The number of aromatic nitrogens is 1. The number of nitrogens with zero attached hydrogens (tertiary/aromatic N) is 2. The minimum Gasteiger partial charge on any atom is -0.387 e. The van der Waals surface area contributed by atoms with Crippen LogP contribution >= 0.6 is 0 Å². The van der Waals surface area contributed by atoms with Gasteiger partial charge in [0, 0.05) is 19.7 Å². The van der Waals surface area contributed by atoms with E-state index < -0.39 is 6.10 Å². The Bertz CT molecular complexity index is 327. The monoisotopic (exact) mass is 252 g/mol. The van der Waals surface area contributed by atoms with Gasteiger partial charge in [-0.1, -0.05) is 6.92 Å². The second-order valence-electron chi connectivity index (χ2n) is 4.14. The van der Waals surface area contributed by atoms with Crippen molar-refractivity contribution in [2.24, 2.45) is 0 Å². The largest absolute Gasteiger partial charge is 0.387 e. The maximum Gasteiger partial charge on any atom is 0.0957 e. The number of pyridine rings is 1. The number of anilines is 1.